The zero-order chi connectivity index (χ0) is 24.4. The van der Waals surface area contributed by atoms with Crippen LogP contribution in [0, 0.1) is 13.8 Å². The van der Waals surface area contributed by atoms with Crippen LogP contribution in [0.25, 0.3) is 16.4 Å². The van der Waals surface area contributed by atoms with Crippen molar-refractivity contribution >= 4 is 28.4 Å². The molecule has 0 bridgehead atoms. The molecule has 1 fully saturated rings. The number of hydrogen-bond acceptors (Lipinski definition) is 5. The fourth-order valence-corrected chi connectivity index (χ4v) is 4.66. The van der Waals surface area contributed by atoms with Gasteiger partial charge in [-0.05, 0) is 57.5 Å². The number of carbonyl (C=O) groups excluding carboxylic acids is 2. The molecule has 2 N–H and O–H groups in total. The molecule has 1 aromatic carbocycles. The molecule has 9 nitrogen and oxygen atoms in total. The molecular formula is C25H27N5O4. The number of ether oxygens (including phenoxy) is 1. The Morgan fingerprint density at radius 2 is 2.00 bits per heavy atom. The van der Waals surface area contributed by atoms with Gasteiger partial charge in [0.15, 0.2) is 5.75 Å². The lowest BCUT2D eigenvalue weighted by molar-refractivity contribution is -0.111. The lowest BCUT2D eigenvalue weighted by atomic mass is 9.86. The molecule has 34 heavy (non-hydrogen) atoms. The number of rotatable bonds is 3. The summed E-state index contributed by atoms with van der Waals surface area (Å²) in [5.74, 6) is 1.04. The van der Waals surface area contributed by atoms with Gasteiger partial charge in [0.05, 0.1) is 35.5 Å². The van der Waals surface area contributed by atoms with Gasteiger partial charge in [-0.1, -0.05) is 0 Å². The van der Waals surface area contributed by atoms with Crippen LogP contribution in [0.15, 0.2) is 42.7 Å². The molecular weight excluding hydrogens is 434 g/mol. The molecule has 176 valence electrons. The third-order valence-electron chi connectivity index (χ3n) is 6.84. The number of fused-ring (bicyclic) bond motifs is 2. The average molecular weight is 462 g/mol. The Morgan fingerprint density at radius 1 is 1.24 bits per heavy atom. The molecule has 0 spiro atoms. The Kier molecular flexibility index (Phi) is 4.91. The van der Waals surface area contributed by atoms with Crippen LogP contribution in [0.4, 0.5) is 4.79 Å². The molecule has 0 unspecified atom stereocenters. The van der Waals surface area contributed by atoms with Crippen molar-refractivity contribution in [3.05, 3.63) is 59.5 Å². The van der Waals surface area contributed by atoms with Gasteiger partial charge in [0.25, 0.3) is 5.91 Å². The summed E-state index contributed by atoms with van der Waals surface area (Å²) in [4.78, 5) is 27.0. The van der Waals surface area contributed by atoms with Crippen molar-refractivity contribution in [3.8, 4) is 11.5 Å². The van der Waals surface area contributed by atoms with Gasteiger partial charge in [-0.25, -0.2) is 9.31 Å². The fraction of sp³-hybridized carbons (Fsp3) is 0.320. The summed E-state index contributed by atoms with van der Waals surface area (Å²) in [6.45, 7) is 7.62. The van der Waals surface area contributed by atoms with E-state index in [1.54, 1.807) is 46.4 Å². The number of amides is 2. The van der Waals surface area contributed by atoms with E-state index in [9.17, 15) is 14.7 Å². The minimum atomic E-state index is -0.872. The van der Waals surface area contributed by atoms with Crippen molar-refractivity contribution < 1.29 is 19.4 Å². The Labute approximate surface area is 196 Å². The first-order chi connectivity index (χ1) is 16.1. The lowest BCUT2D eigenvalue weighted by Crippen LogP contribution is -2.68. The number of nitrogens with zero attached hydrogens (tertiary/aromatic N) is 4. The van der Waals surface area contributed by atoms with Crippen LogP contribution in [0.1, 0.15) is 35.5 Å². The first-order valence-electron chi connectivity index (χ1n) is 11.1. The van der Waals surface area contributed by atoms with Crippen LogP contribution in [-0.4, -0.2) is 61.4 Å². The second kappa shape index (κ2) is 7.59. The summed E-state index contributed by atoms with van der Waals surface area (Å²) in [5, 5.41) is 18.1. The Hall–Kier alpha value is -3.85. The first-order valence-corrected chi connectivity index (χ1v) is 11.1. The van der Waals surface area contributed by atoms with E-state index in [1.165, 1.54) is 0 Å². The third kappa shape index (κ3) is 3.23. The standard InChI is InChI=1S/C25H27N5O4/c1-14-10-17-11-18(6-7-20(17)30(14)24(32)26-5)34-21-8-9-27-29-12-19(15(2)22(21)29)23(31)28-13-25(4,33)16(28)3/h6-12,16,33H,13H2,1-5H3,(H,26,32)/t16-,25-/m1/s1. The molecule has 1 saturated heterocycles. The summed E-state index contributed by atoms with van der Waals surface area (Å²) >= 11 is 0. The molecule has 4 aromatic rings. The predicted octanol–water partition coefficient (Wildman–Crippen LogP) is 3.48. The lowest BCUT2D eigenvalue weighted by Gasteiger charge is -2.51. The van der Waals surface area contributed by atoms with E-state index >= 15 is 0 Å². The second-order valence-electron chi connectivity index (χ2n) is 9.12. The van der Waals surface area contributed by atoms with Crippen molar-refractivity contribution in [2.75, 3.05) is 13.6 Å². The number of aryl methyl sites for hydroxylation is 2. The molecule has 5 rings (SSSR count). The van der Waals surface area contributed by atoms with Crippen LogP contribution in [0.2, 0.25) is 0 Å². The van der Waals surface area contributed by atoms with Crippen molar-refractivity contribution in [1.82, 2.24) is 24.4 Å². The van der Waals surface area contributed by atoms with Gasteiger partial charge < -0.3 is 20.1 Å². The summed E-state index contributed by atoms with van der Waals surface area (Å²) in [7, 11) is 1.60. The molecule has 1 aliphatic rings. The largest absolute Gasteiger partial charge is 0.455 e. The van der Waals surface area contributed by atoms with E-state index in [0.29, 0.717) is 29.1 Å². The minimum Gasteiger partial charge on any atom is -0.455 e. The Bertz CT molecular complexity index is 1470. The SMILES string of the molecule is CNC(=O)n1c(C)cc2cc(Oc3ccnn4cc(C(=O)N5C[C@@](C)(O)[C@H]5C)c(C)c34)ccc21. The van der Waals surface area contributed by atoms with Crippen LogP contribution >= 0.6 is 0 Å². The molecule has 2 atom stereocenters. The van der Waals surface area contributed by atoms with Crippen molar-refractivity contribution in [2.24, 2.45) is 0 Å². The average Bonchev–Trinajstić information content (AvgIpc) is 3.32. The molecule has 1 aliphatic heterocycles. The van der Waals surface area contributed by atoms with Crippen LogP contribution in [0.3, 0.4) is 0 Å². The van der Waals surface area contributed by atoms with Crippen molar-refractivity contribution in [3.63, 3.8) is 0 Å². The molecule has 0 saturated carbocycles. The van der Waals surface area contributed by atoms with Gasteiger partial charge >= 0.3 is 6.03 Å². The Balaban J connectivity index is 1.50. The first kappa shape index (κ1) is 22.0. The molecule has 3 aromatic heterocycles. The van der Waals surface area contributed by atoms with E-state index in [4.69, 9.17) is 4.74 Å². The van der Waals surface area contributed by atoms with Gasteiger partial charge in [-0.2, -0.15) is 5.10 Å². The van der Waals surface area contributed by atoms with Crippen molar-refractivity contribution in [1.29, 1.82) is 0 Å². The third-order valence-corrected chi connectivity index (χ3v) is 6.84. The van der Waals surface area contributed by atoms with Crippen LogP contribution in [-0.2, 0) is 0 Å². The maximum atomic E-state index is 13.1. The van der Waals surface area contributed by atoms with E-state index in [2.05, 4.69) is 10.4 Å². The summed E-state index contributed by atoms with van der Waals surface area (Å²) in [6.07, 6.45) is 3.33. The normalized spacial score (nSPS) is 19.9. The zero-order valence-corrected chi connectivity index (χ0v) is 19.8. The van der Waals surface area contributed by atoms with Crippen molar-refractivity contribution in [2.45, 2.75) is 39.3 Å². The molecule has 4 heterocycles. The summed E-state index contributed by atoms with van der Waals surface area (Å²) in [6, 6.07) is 8.78. The van der Waals surface area contributed by atoms with E-state index in [0.717, 1.165) is 22.2 Å². The fourth-order valence-electron chi connectivity index (χ4n) is 4.66. The number of benzene rings is 1. The summed E-state index contributed by atoms with van der Waals surface area (Å²) < 4.78 is 9.49. The highest BCUT2D eigenvalue weighted by molar-refractivity contribution is 5.99. The van der Waals surface area contributed by atoms with Gasteiger partial charge in [0, 0.05) is 30.4 Å². The number of β-amino-alcohol motifs (C(OH)–C–C–N with tert-alkyl or cyclic N) is 1. The van der Waals surface area contributed by atoms with Gasteiger partial charge in [-0.15, -0.1) is 0 Å². The zero-order valence-electron chi connectivity index (χ0n) is 19.8. The topological polar surface area (TPSA) is 101 Å². The number of aromatic nitrogens is 3. The smallest absolute Gasteiger partial charge is 0.325 e. The maximum absolute atomic E-state index is 13.1. The number of nitrogens with one attached hydrogen (secondary N) is 1. The Morgan fingerprint density at radius 3 is 2.68 bits per heavy atom. The van der Waals surface area contributed by atoms with E-state index in [-0.39, 0.29) is 18.0 Å². The maximum Gasteiger partial charge on any atom is 0.325 e. The number of aliphatic hydroxyl groups is 1. The van der Waals surface area contributed by atoms with Gasteiger partial charge in [0.1, 0.15) is 11.3 Å². The van der Waals surface area contributed by atoms with E-state index in [1.807, 2.05) is 45.0 Å². The highest BCUT2D eigenvalue weighted by Crippen LogP contribution is 2.35. The quantitative estimate of drug-likeness (QED) is 0.487. The number of likely N-dealkylation sites (tertiary alicyclic amines) is 1. The monoisotopic (exact) mass is 461 g/mol. The predicted molar refractivity (Wildman–Crippen MR) is 128 cm³/mol. The molecule has 2 amide bonds. The number of hydrogen-bond donors (Lipinski definition) is 2. The number of carbonyl (C=O) groups is 2. The van der Waals surface area contributed by atoms with Gasteiger partial charge in [-0.3, -0.25) is 9.36 Å². The van der Waals surface area contributed by atoms with E-state index < -0.39 is 5.60 Å². The molecule has 0 radical (unpaired) electrons. The van der Waals surface area contributed by atoms with Crippen LogP contribution in [0.5, 0.6) is 11.5 Å². The molecule has 0 aliphatic carbocycles. The van der Waals surface area contributed by atoms with Gasteiger partial charge in [0.2, 0.25) is 0 Å². The summed E-state index contributed by atoms with van der Waals surface area (Å²) in [5.41, 5.74) is 2.72. The molecule has 9 heteroatoms. The highest BCUT2D eigenvalue weighted by atomic mass is 16.5. The van der Waals surface area contributed by atoms with Crippen LogP contribution < -0.4 is 10.1 Å². The minimum absolute atomic E-state index is 0.139. The highest BCUT2D eigenvalue weighted by Gasteiger charge is 2.47. The second-order valence-corrected chi connectivity index (χ2v) is 9.12.